The molecule has 0 aliphatic carbocycles. The minimum Gasteiger partial charge on any atom is -0.457 e. The van der Waals surface area contributed by atoms with E-state index in [-0.39, 0.29) is 12.5 Å². The standard InChI is InChI=1S/C19H18ClN5O2/c1-24-17-6-9-25(18(26)13-4-2-5-14(20)10-13)11-15(17)16(23-24)12-27-19-21-7-3-8-22-19/h2-5,7-8,10H,6,9,11-12H2,1H3. The molecule has 0 unspecified atom stereocenters. The Morgan fingerprint density at radius 2 is 2.07 bits per heavy atom. The highest BCUT2D eigenvalue weighted by molar-refractivity contribution is 6.30. The summed E-state index contributed by atoms with van der Waals surface area (Å²) in [4.78, 5) is 22.8. The Bertz CT molecular complexity index is 973. The number of halogens is 1. The van der Waals surface area contributed by atoms with Gasteiger partial charge >= 0.3 is 6.01 Å². The van der Waals surface area contributed by atoms with Crippen LogP contribution in [0, 0.1) is 0 Å². The SMILES string of the molecule is Cn1nc(COc2ncccn2)c2c1CCN(C(=O)c1cccc(Cl)c1)C2. The maximum absolute atomic E-state index is 12.8. The normalized spacial score (nSPS) is 13.3. The molecule has 0 N–H and O–H groups in total. The van der Waals surface area contributed by atoms with Crippen LogP contribution in [0.15, 0.2) is 42.7 Å². The largest absolute Gasteiger partial charge is 0.457 e. The van der Waals surface area contributed by atoms with Crippen molar-refractivity contribution in [2.45, 2.75) is 19.6 Å². The number of rotatable bonds is 4. The van der Waals surface area contributed by atoms with Gasteiger partial charge in [-0.05, 0) is 24.3 Å². The molecule has 138 valence electrons. The molecule has 0 bridgehead atoms. The highest BCUT2D eigenvalue weighted by atomic mass is 35.5. The summed E-state index contributed by atoms with van der Waals surface area (Å²) in [5.41, 5.74) is 3.53. The second-order valence-corrected chi connectivity index (χ2v) is 6.74. The van der Waals surface area contributed by atoms with Crippen molar-refractivity contribution in [3.8, 4) is 6.01 Å². The molecule has 1 aliphatic rings. The zero-order chi connectivity index (χ0) is 18.8. The molecule has 0 spiro atoms. The highest BCUT2D eigenvalue weighted by Gasteiger charge is 2.27. The van der Waals surface area contributed by atoms with Crippen LogP contribution in [0.25, 0.3) is 0 Å². The van der Waals surface area contributed by atoms with Gasteiger partial charge in [0.15, 0.2) is 0 Å². The summed E-state index contributed by atoms with van der Waals surface area (Å²) in [5, 5.41) is 5.12. The fourth-order valence-corrected chi connectivity index (χ4v) is 3.45. The summed E-state index contributed by atoms with van der Waals surface area (Å²) in [6.07, 6.45) is 4.00. The predicted octanol–water partition coefficient (Wildman–Crippen LogP) is 2.64. The van der Waals surface area contributed by atoms with E-state index in [0.717, 1.165) is 23.4 Å². The van der Waals surface area contributed by atoms with Crippen LogP contribution in [-0.4, -0.2) is 37.1 Å². The Balaban J connectivity index is 1.53. The zero-order valence-corrected chi connectivity index (χ0v) is 15.6. The molecule has 0 saturated carbocycles. The third kappa shape index (κ3) is 3.64. The molecule has 0 saturated heterocycles. The fraction of sp³-hybridized carbons (Fsp3) is 0.263. The number of benzene rings is 1. The summed E-state index contributed by atoms with van der Waals surface area (Å²) >= 11 is 6.02. The molecule has 0 fully saturated rings. The average Bonchev–Trinajstić information content (AvgIpc) is 3.02. The fourth-order valence-electron chi connectivity index (χ4n) is 3.26. The van der Waals surface area contributed by atoms with Gasteiger partial charge in [0.25, 0.3) is 5.91 Å². The Morgan fingerprint density at radius 1 is 1.26 bits per heavy atom. The van der Waals surface area contributed by atoms with E-state index in [0.29, 0.717) is 29.7 Å². The first-order valence-electron chi connectivity index (χ1n) is 8.60. The molecule has 3 heterocycles. The molecule has 0 radical (unpaired) electrons. The van der Waals surface area contributed by atoms with Gasteiger partial charge in [-0.25, -0.2) is 9.97 Å². The van der Waals surface area contributed by atoms with Gasteiger partial charge in [0, 0.05) is 60.8 Å². The number of hydrogen-bond donors (Lipinski definition) is 0. The minimum absolute atomic E-state index is 0.0368. The first-order chi connectivity index (χ1) is 13.1. The first kappa shape index (κ1) is 17.5. The Labute approximate surface area is 161 Å². The number of carbonyl (C=O) groups excluding carboxylic acids is 1. The van der Waals surface area contributed by atoms with Gasteiger partial charge in [0.2, 0.25) is 0 Å². The van der Waals surface area contributed by atoms with Crippen molar-refractivity contribution in [3.05, 3.63) is 70.3 Å². The first-order valence-corrected chi connectivity index (χ1v) is 8.98. The molecule has 2 aromatic heterocycles. The maximum atomic E-state index is 12.8. The van der Waals surface area contributed by atoms with E-state index < -0.39 is 0 Å². The lowest BCUT2D eigenvalue weighted by Gasteiger charge is -2.28. The number of aromatic nitrogens is 4. The number of hydrogen-bond acceptors (Lipinski definition) is 5. The lowest BCUT2D eigenvalue weighted by atomic mass is 10.0. The summed E-state index contributed by atoms with van der Waals surface area (Å²) in [6, 6.07) is 9.06. The molecule has 3 aromatic rings. The van der Waals surface area contributed by atoms with Gasteiger partial charge in [0.1, 0.15) is 12.3 Å². The number of carbonyl (C=O) groups is 1. The van der Waals surface area contributed by atoms with Crippen molar-refractivity contribution in [3.63, 3.8) is 0 Å². The molecule has 27 heavy (non-hydrogen) atoms. The summed E-state index contributed by atoms with van der Waals surface area (Å²) in [7, 11) is 1.91. The van der Waals surface area contributed by atoms with Crippen molar-refractivity contribution in [1.82, 2.24) is 24.6 Å². The third-order valence-electron chi connectivity index (χ3n) is 4.56. The van der Waals surface area contributed by atoms with Gasteiger partial charge < -0.3 is 9.64 Å². The van der Waals surface area contributed by atoms with Crippen molar-refractivity contribution in [2.75, 3.05) is 6.54 Å². The van der Waals surface area contributed by atoms with Crippen molar-refractivity contribution in [2.24, 2.45) is 7.05 Å². The van der Waals surface area contributed by atoms with Crippen molar-refractivity contribution in [1.29, 1.82) is 0 Å². The van der Waals surface area contributed by atoms with Crippen molar-refractivity contribution < 1.29 is 9.53 Å². The summed E-state index contributed by atoms with van der Waals surface area (Å²) < 4.78 is 7.51. The second-order valence-electron chi connectivity index (χ2n) is 6.30. The zero-order valence-electron chi connectivity index (χ0n) is 14.8. The number of amides is 1. The minimum atomic E-state index is -0.0368. The number of aryl methyl sites for hydroxylation is 1. The molecule has 1 aromatic carbocycles. The molecule has 1 aliphatic heterocycles. The highest BCUT2D eigenvalue weighted by Crippen LogP contribution is 2.24. The van der Waals surface area contributed by atoms with E-state index in [9.17, 15) is 4.79 Å². The van der Waals surface area contributed by atoms with E-state index in [1.807, 2.05) is 16.6 Å². The number of ether oxygens (including phenoxy) is 1. The quantitative estimate of drug-likeness (QED) is 0.692. The monoisotopic (exact) mass is 383 g/mol. The number of fused-ring (bicyclic) bond motifs is 1. The van der Waals surface area contributed by atoms with Crippen LogP contribution in [0.4, 0.5) is 0 Å². The summed E-state index contributed by atoms with van der Waals surface area (Å²) in [5.74, 6) is -0.0368. The maximum Gasteiger partial charge on any atom is 0.316 e. The van der Waals surface area contributed by atoms with Crippen LogP contribution in [0.3, 0.4) is 0 Å². The van der Waals surface area contributed by atoms with Gasteiger partial charge in [-0.15, -0.1) is 0 Å². The second kappa shape index (κ2) is 7.36. The van der Waals surface area contributed by atoms with Crippen LogP contribution >= 0.6 is 11.6 Å². The average molecular weight is 384 g/mol. The van der Waals surface area contributed by atoms with Crippen LogP contribution < -0.4 is 4.74 Å². The molecule has 1 amide bonds. The van der Waals surface area contributed by atoms with Crippen molar-refractivity contribution >= 4 is 17.5 Å². The smallest absolute Gasteiger partial charge is 0.316 e. The van der Waals surface area contributed by atoms with Gasteiger partial charge in [-0.2, -0.15) is 5.10 Å². The molecule has 4 rings (SSSR count). The Kier molecular flexibility index (Phi) is 4.77. The van der Waals surface area contributed by atoms with Gasteiger partial charge in [-0.3, -0.25) is 9.48 Å². The number of nitrogens with zero attached hydrogens (tertiary/aromatic N) is 5. The Morgan fingerprint density at radius 3 is 2.85 bits per heavy atom. The summed E-state index contributed by atoms with van der Waals surface area (Å²) in [6.45, 7) is 1.38. The lowest BCUT2D eigenvalue weighted by molar-refractivity contribution is 0.0732. The van der Waals surface area contributed by atoms with E-state index in [1.165, 1.54) is 0 Å². The lowest BCUT2D eigenvalue weighted by Crippen LogP contribution is -2.36. The van der Waals surface area contributed by atoms with E-state index in [4.69, 9.17) is 16.3 Å². The van der Waals surface area contributed by atoms with E-state index in [2.05, 4.69) is 15.1 Å². The van der Waals surface area contributed by atoms with Crippen LogP contribution in [0.2, 0.25) is 5.02 Å². The van der Waals surface area contributed by atoms with E-state index in [1.54, 1.807) is 42.7 Å². The predicted molar refractivity (Wildman–Crippen MR) is 99.5 cm³/mol. The van der Waals surface area contributed by atoms with Crippen LogP contribution in [0.1, 0.15) is 27.3 Å². The molecular weight excluding hydrogens is 366 g/mol. The molecule has 7 nitrogen and oxygen atoms in total. The van der Waals surface area contributed by atoms with Gasteiger partial charge in [-0.1, -0.05) is 17.7 Å². The van der Waals surface area contributed by atoms with Gasteiger partial charge in [0.05, 0.1) is 0 Å². The third-order valence-corrected chi connectivity index (χ3v) is 4.80. The topological polar surface area (TPSA) is 73.1 Å². The van der Waals surface area contributed by atoms with E-state index >= 15 is 0 Å². The molecule has 0 atom stereocenters. The molecule has 8 heteroatoms. The van der Waals surface area contributed by atoms with Crippen LogP contribution in [-0.2, 0) is 26.6 Å². The Hall–Kier alpha value is -2.93. The van der Waals surface area contributed by atoms with Crippen LogP contribution in [0.5, 0.6) is 6.01 Å². The molecular formula is C19H18ClN5O2.